The molecule has 7 heteroatoms. The van der Waals surface area contributed by atoms with Gasteiger partial charge in [0.15, 0.2) is 5.65 Å². The van der Waals surface area contributed by atoms with E-state index in [1.54, 1.807) is 24.7 Å². The van der Waals surface area contributed by atoms with Gasteiger partial charge in [0.2, 0.25) is 0 Å². The quantitative estimate of drug-likeness (QED) is 0.369. The summed E-state index contributed by atoms with van der Waals surface area (Å²) in [5.41, 5.74) is 11.2. The number of aromatic amines is 2. The van der Waals surface area contributed by atoms with Gasteiger partial charge in [-0.25, -0.2) is 4.98 Å². The molecule has 0 amide bonds. The zero-order valence-corrected chi connectivity index (χ0v) is 16.7. The second-order valence-corrected chi connectivity index (χ2v) is 7.43. The number of allylic oxidation sites excluding steroid dienone is 2. The first-order valence-electron chi connectivity index (χ1n) is 10.0. The highest BCUT2D eigenvalue weighted by Gasteiger charge is 2.18. The lowest BCUT2D eigenvalue weighted by Crippen LogP contribution is -1.88. The van der Waals surface area contributed by atoms with Crippen LogP contribution in [0.2, 0.25) is 0 Å². The van der Waals surface area contributed by atoms with E-state index >= 15 is 0 Å². The van der Waals surface area contributed by atoms with Crippen molar-refractivity contribution in [2.24, 2.45) is 0 Å². The van der Waals surface area contributed by atoms with Crippen molar-refractivity contribution in [1.82, 2.24) is 30.1 Å². The fourth-order valence-electron chi connectivity index (χ4n) is 3.91. The molecule has 5 aromatic heterocycles. The third kappa shape index (κ3) is 3.01. The average Bonchev–Trinajstić information content (AvgIpc) is 3.38. The molecule has 5 aromatic rings. The van der Waals surface area contributed by atoms with Crippen molar-refractivity contribution < 1.29 is 5.11 Å². The number of nitrogens with zero attached hydrogens (tertiary/aromatic N) is 4. The fourth-order valence-corrected chi connectivity index (χ4v) is 3.91. The molecule has 152 valence electrons. The van der Waals surface area contributed by atoms with Crippen LogP contribution in [0.4, 0.5) is 0 Å². The van der Waals surface area contributed by atoms with Crippen LogP contribution in [0.3, 0.4) is 0 Å². The van der Waals surface area contributed by atoms with E-state index < -0.39 is 0 Å². The van der Waals surface area contributed by atoms with Crippen molar-refractivity contribution in [2.45, 2.75) is 0 Å². The van der Waals surface area contributed by atoms with Crippen LogP contribution in [0.15, 0.2) is 79.2 Å². The van der Waals surface area contributed by atoms with Gasteiger partial charge in [-0.15, -0.1) is 5.73 Å². The number of aromatic hydroxyl groups is 1. The van der Waals surface area contributed by atoms with Crippen molar-refractivity contribution in [3.8, 4) is 28.3 Å². The van der Waals surface area contributed by atoms with E-state index in [9.17, 15) is 5.11 Å². The van der Waals surface area contributed by atoms with Crippen LogP contribution in [-0.2, 0) is 0 Å². The van der Waals surface area contributed by atoms with Gasteiger partial charge in [-0.2, -0.15) is 5.10 Å². The summed E-state index contributed by atoms with van der Waals surface area (Å²) >= 11 is 0. The molecule has 1 aliphatic rings. The third-order valence-electron chi connectivity index (χ3n) is 5.41. The number of rotatable bonds is 3. The van der Waals surface area contributed by atoms with Crippen LogP contribution in [0, 0.1) is 0 Å². The third-order valence-corrected chi connectivity index (χ3v) is 5.41. The Morgan fingerprint density at radius 2 is 1.84 bits per heavy atom. The molecule has 5 heterocycles. The molecule has 7 nitrogen and oxygen atoms in total. The van der Waals surface area contributed by atoms with E-state index in [1.165, 1.54) is 6.20 Å². The van der Waals surface area contributed by atoms with E-state index in [0.717, 1.165) is 50.3 Å². The Morgan fingerprint density at radius 1 is 0.938 bits per heavy atom. The molecule has 0 spiro atoms. The van der Waals surface area contributed by atoms with E-state index in [0.29, 0.717) is 5.65 Å². The summed E-state index contributed by atoms with van der Waals surface area (Å²) in [7, 11) is 0. The summed E-state index contributed by atoms with van der Waals surface area (Å²) < 4.78 is 0. The molecule has 32 heavy (non-hydrogen) atoms. The van der Waals surface area contributed by atoms with Gasteiger partial charge in [0, 0.05) is 58.5 Å². The minimum absolute atomic E-state index is 0.109. The number of pyridine rings is 3. The molecule has 0 unspecified atom stereocenters. The zero-order chi connectivity index (χ0) is 21.5. The van der Waals surface area contributed by atoms with Crippen LogP contribution < -0.4 is 0 Å². The molecule has 1 aliphatic carbocycles. The van der Waals surface area contributed by atoms with E-state index in [2.05, 4.69) is 41.9 Å². The smallest absolute Gasteiger partial charge is 0.155 e. The summed E-state index contributed by atoms with van der Waals surface area (Å²) in [6.45, 7) is 0. The van der Waals surface area contributed by atoms with Crippen molar-refractivity contribution in [1.29, 1.82) is 0 Å². The van der Waals surface area contributed by atoms with Gasteiger partial charge in [0.05, 0.1) is 17.6 Å². The Labute approximate surface area is 182 Å². The number of fused-ring (bicyclic) bond motifs is 2. The van der Waals surface area contributed by atoms with E-state index in [1.807, 2.05) is 42.6 Å². The van der Waals surface area contributed by atoms with Crippen LogP contribution in [0.25, 0.3) is 45.2 Å². The predicted molar refractivity (Wildman–Crippen MR) is 122 cm³/mol. The van der Waals surface area contributed by atoms with Crippen molar-refractivity contribution >= 4 is 22.7 Å². The lowest BCUT2D eigenvalue weighted by molar-refractivity contribution is 0.473. The number of aromatic nitrogens is 6. The molecule has 0 radical (unpaired) electrons. The summed E-state index contributed by atoms with van der Waals surface area (Å²) in [6.07, 6.45) is 14.3. The highest BCUT2D eigenvalue weighted by Crippen LogP contribution is 2.35. The highest BCUT2D eigenvalue weighted by molar-refractivity contribution is 5.95. The topological polar surface area (TPSA) is 103 Å². The molecule has 0 atom stereocenters. The SMILES string of the molecule is Oc1cncc(-c2cnc3[nH]nc(-c4cc5c([nH]4)C=C=CC=C5c4cccnc4)c3c2)c1. The maximum absolute atomic E-state index is 9.79. The number of H-pyrrole nitrogens is 2. The van der Waals surface area contributed by atoms with Crippen LogP contribution in [0.5, 0.6) is 5.75 Å². The van der Waals surface area contributed by atoms with Gasteiger partial charge < -0.3 is 10.1 Å². The Bertz CT molecular complexity index is 1570. The van der Waals surface area contributed by atoms with Gasteiger partial charge in [-0.1, -0.05) is 6.07 Å². The van der Waals surface area contributed by atoms with Gasteiger partial charge in [-0.05, 0) is 42.0 Å². The normalized spacial score (nSPS) is 12.6. The van der Waals surface area contributed by atoms with Crippen molar-refractivity contribution in [2.75, 3.05) is 0 Å². The van der Waals surface area contributed by atoms with Crippen LogP contribution >= 0.6 is 0 Å². The van der Waals surface area contributed by atoms with Gasteiger partial charge in [0.1, 0.15) is 11.4 Å². The van der Waals surface area contributed by atoms with Crippen LogP contribution in [-0.4, -0.2) is 35.2 Å². The molecular formula is C25H16N6O. The number of nitrogens with one attached hydrogen (secondary N) is 2. The summed E-state index contributed by atoms with van der Waals surface area (Å²) in [6, 6.07) is 9.71. The van der Waals surface area contributed by atoms with Gasteiger partial charge in [0.25, 0.3) is 0 Å². The maximum atomic E-state index is 9.79. The highest BCUT2D eigenvalue weighted by atomic mass is 16.3. The second-order valence-electron chi connectivity index (χ2n) is 7.43. The summed E-state index contributed by atoms with van der Waals surface area (Å²) in [5, 5.41) is 18.2. The van der Waals surface area contributed by atoms with Gasteiger partial charge >= 0.3 is 0 Å². The monoisotopic (exact) mass is 416 g/mol. The number of hydrogen-bond acceptors (Lipinski definition) is 5. The molecule has 6 rings (SSSR count). The Balaban J connectivity index is 1.49. The summed E-state index contributed by atoms with van der Waals surface area (Å²) in [4.78, 5) is 16.3. The maximum Gasteiger partial charge on any atom is 0.155 e. The Morgan fingerprint density at radius 3 is 2.72 bits per heavy atom. The Hall–Kier alpha value is -4.74. The predicted octanol–water partition coefficient (Wildman–Crippen LogP) is 4.73. The molecular weight excluding hydrogens is 400 g/mol. The minimum atomic E-state index is 0.109. The standard InChI is InChI=1S/C25H16N6O/c32-18-8-16(12-27-14-18)17-9-21-24(30-31-25(21)28-13-17)23-10-20-19(15-4-3-7-26-11-15)5-1-2-6-22(20)29-23/h1,3-14,29,32H,(H,28,30,31). The molecule has 3 N–H and O–H groups in total. The fraction of sp³-hybridized carbons (Fsp3) is 0. The van der Waals surface area contributed by atoms with Crippen LogP contribution in [0.1, 0.15) is 16.8 Å². The van der Waals surface area contributed by atoms with E-state index in [-0.39, 0.29) is 5.75 Å². The Kier molecular flexibility index (Phi) is 4.06. The second kappa shape index (κ2) is 7.19. The largest absolute Gasteiger partial charge is 0.506 e. The molecule has 0 saturated heterocycles. The van der Waals surface area contributed by atoms with Crippen molar-refractivity contribution in [3.63, 3.8) is 0 Å². The number of hydrogen-bond donors (Lipinski definition) is 3. The molecule has 0 saturated carbocycles. The lowest BCUT2D eigenvalue weighted by Gasteiger charge is -2.05. The molecule has 0 bridgehead atoms. The first-order valence-corrected chi connectivity index (χ1v) is 10.0. The summed E-state index contributed by atoms with van der Waals surface area (Å²) in [5.74, 6) is 0.109. The lowest BCUT2D eigenvalue weighted by atomic mass is 9.99. The molecule has 0 fully saturated rings. The molecule has 0 aromatic carbocycles. The first kappa shape index (κ1) is 18.1. The minimum Gasteiger partial charge on any atom is -0.506 e. The first-order chi connectivity index (χ1) is 15.8. The zero-order valence-electron chi connectivity index (χ0n) is 16.7. The van der Waals surface area contributed by atoms with E-state index in [4.69, 9.17) is 0 Å². The van der Waals surface area contributed by atoms with Crippen molar-refractivity contribution in [3.05, 3.63) is 96.0 Å². The average molecular weight is 416 g/mol. The molecule has 0 aliphatic heterocycles. The van der Waals surface area contributed by atoms with Gasteiger partial charge in [-0.3, -0.25) is 15.1 Å².